The van der Waals surface area contributed by atoms with Crippen molar-refractivity contribution in [3.63, 3.8) is 0 Å². The van der Waals surface area contributed by atoms with Crippen molar-refractivity contribution in [3.05, 3.63) is 28.2 Å². The fourth-order valence-electron chi connectivity index (χ4n) is 0.975. The third-order valence-electron chi connectivity index (χ3n) is 1.67. The van der Waals surface area contributed by atoms with Gasteiger partial charge in [0.1, 0.15) is 23.2 Å². The molecule has 76 valence electrons. The number of hydrogen-bond acceptors (Lipinski definition) is 2. The molecule has 1 unspecified atom stereocenters. The Morgan fingerprint density at radius 1 is 1.50 bits per heavy atom. The van der Waals surface area contributed by atoms with Crippen LogP contribution in [0.2, 0.25) is 10.0 Å². The molecule has 14 heavy (non-hydrogen) atoms. The van der Waals surface area contributed by atoms with Crippen LogP contribution in [-0.2, 0) is 4.79 Å². The molecule has 4 heteroatoms. The van der Waals surface area contributed by atoms with Crippen LogP contribution in [0.4, 0.5) is 0 Å². The Hall–Kier alpha value is -0.730. The van der Waals surface area contributed by atoms with Gasteiger partial charge in [-0.1, -0.05) is 29.3 Å². The van der Waals surface area contributed by atoms with Crippen molar-refractivity contribution in [1.82, 2.24) is 0 Å². The van der Waals surface area contributed by atoms with Crippen molar-refractivity contribution in [2.24, 2.45) is 0 Å². The highest BCUT2D eigenvalue weighted by molar-refractivity contribution is 6.42. The van der Waals surface area contributed by atoms with Crippen LogP contribution in [0.3, 0.4) is 0 Å². The predicted octanol–water partition coefficient (Wildman–Crippen LogP) is 3.35. The van der Waals surface area contributed by atoms with Crippen molar-refractivity contribution in [3.8, 4) is 5.75 Å². The quantitative estimate of drug-likeness (QED) is 0.745. The Balaban J connectivity index is 2.76. The minimum Gasteiger partial charge on any atom is -0.489 e. The Kier molecular flexibility index (Phi) is 4.23. The summed E-state index contributed by atoms with van der Waals surface area (Å²) in [6.07, 6.45) is 0.954. The van der Waals surface area contributed by atoms with Gasteiger partial charge in [-0.15, -0.1) is 0 Å². The molecule has 0 N–H and O–H groups in total. The van der Waals surface area contributed by atoms with Crippen LogP contribution in [0.1, 0.15) is 13.3 Å². The lowest BCUT2D eigenvalue weighted by Crippen LogP contribution is -2.12. The molecule has 0 aliphatic heterocycles. The van der Waals surface area contributed by atoms with E-state index in [0.717, 1.165) is 6.29 Å². The summed E-state index contributed by atoms with van der Waals surface area (Å²) in [6.45, 7) is 1.80. The van der Waals surface area contributed by atoms with Gasteiger partial charge in [-0.3, -0.25) is 0 Å². The molecular weight excluding hydrogens is 223 g/mol. The van der Waals surface area contributed by atoms with E-state index < -0.39 is 0 Å². The van der Waals surface area contributed by atoms with Gasteiger partial charge in [-0.2, -0.15) is 0 Å². The van der Waals surface area contributed by atoms with Gasteiger partial charge in [0.2, 0.25) is 0 Å². The number of rotatable bonds is 4. The summed E-state index contributed by atoms with van der Waals surface area (Å²) in [7, 11) is 0. The number of benzene rings is 1. The smallest absolute Gasteiger partial charge is 0.139 e. The topological polar surface area (TPSA) is 26.3 Å². The van der Waals surface area contributed by atoms with Gasteiger partial charge < -0.3 is 9.53 Å². The van der Waals surface area contributed by atoms with Crippen molar-refractivity contribution in [1.29, 1.82) is 0 Å². The van der Waals surface area contributed by atoms with Gasteiger partial charge in [0, 0.05) is 6.42 Å². The molecule has 1 rings (SSSR count). The highest BCUT2D eigenvalue weighted by atomic mass is 35.5. The summed E-state index contributed by atoms with van der Waals surface area (Å²) in [5.41, 5.74) is 0. The van der Waals surface area contributed by atoms with E-state index in [-0.39, 0.29) is 6.10 Å². The summed E-state index contributed by atoms with van der Waals surface area (Å²) in [4.78, 5) is 10.2. The maximum absolute atomic E-state index is 10.2. The first-order valence-electron chi connectivity index (χ1n) is 4.19. The van der Waals surface area contributed by atoms with E-state index in [2.05, 4.69) is 0 Å². The molecule has 0 bridgehead atoms. The molecule has 0 aliphatic carbocycles. The Morgan fingerprint density at radius 2 is 2.21 bits per heavy atom. The van der Waals surface area contributed by atoms with Crippen molar-refractivity contribution in [2.45, 2.75) is 19.4 Å². The zero-order valence-electron chi connectivity index (χ0n) is 7.67. The van der Waals surface area contributed by atoms with Gasteiger partial charge in [0.15, 0.2) is 0 Å². The minimum atomic E-state index is -0.191. The molecule has 0 saturated heterocycles. The van der Waals surface area contributed by atoms with E-state index in [1.807, 2.05) is 0 Å². The first-order chi connectivity index (χ1) is 6.65. The number of carbonyl (C=O) groups is 1. The van der Waals surface area contributed by atoms with Crippen molar-refractivity contribution >= 4 is 29.5 Å². The molecule has 0 radical (unpaired) electrons. The van der Waals surface area contributed by atoms with Crippen LogP contribution in [0.15, 0.2) is 18.2 Å². The molecule has 0 aromatic heterocycles. The average Bonchev–Trinajstić information content (AvgIpc) is 2.13. The monoisotopic (exact) mass is 232 g/mol. The lowest BCUT2D eigenvalue weighted by molar-refractivity contribution is -0.109. The van der Waals surface area contributed by atoms with Gasteiger partial charge in [-0.25, -0.2) is 0 Å². The Morgan fingerprint density at radius 3 is 2.86 bits per heavy atom. The van der Waals surface area contributed by atoms with E-state index in [1.165, 1.54) is 0 Å². The van der Waals surface area contributed by atoms with Crippen LogP contribution in [0.5, 0.6) is 5.75 Å². The summed E-state index contributed by atoms with van der Waals surface area (Å²) in [5.74, 6) is 0.508. The summed E-state index contributed by atoms with van der Waals surface area (Å²) in [5, 5.41) is 0.828. The highest BCUT2D eigenvalue weighted by Crippen LogP contribution is 2.32. The molecule has 0 spiro atoms. The summed E-state index contributed by atoms with van der Waals surface area (Å²) >= 11 is 11.7. The number of aldehydes is 1. The second kappa shape index (κ2) is 5.23. The van der Waals surface area contributed by atoms with E-state index in [4.69, 9.17) is 27.9 Å². The Bertz CT molecular complexity index is 326. The molecule has 0 heterocycles. The van der Waals surface area contributed by atoms with Crippen LogP contribution in [-0.4, -0.2) is 12.4 Å². The number of ether oxygens (including phenoxy) is 1. The SMILES string of the molecule is CC(CC=O)Oc1cccc(Cl)c1Cl. The molecule has 2 nitrogen and oxygen atoms in total. The molecule has 1 aromatic rings. The maximum Gasteiger partial charge on any atom is 0.139 e. The number of hydrogen-bond donors (Lipinski definition) is 0. The molecule has 0 amide bonds. The van der Waals surface area contributed by atoms with E-state index >= 15 is 0 Å². The standard InChI is InChI=1S/C10H10Cl2O2/c1-7(5-6-13)14-9-4-2-3-8(11)10(9)12/h2-4,6-7H,5H2,1H3. The van der Waals surface area contributed by atoms with Crippen LogP contribution < -0.4 is 4.74 Å². The number of carbonyl (C=O) groups excluding carboxylic acids is 1. The lowest BCUT2D eigenvalue weighted by atomic mass is 10.3. The van der Waals surface area contributed by atoms with E-state index in [1.54, 1.807) is 25.1 Å². The van der Waals surface area contributed by atoms with Gasteiger partial charge >= 0.3 is 0 Å². The second-order valence-corrected chi connectivity index (χ2v) is 3.67. The molecule has 0 fully saturated rings. The maximum atomic E-state index is 10.2. The third-order valence-corrected chi connectivity index (χ3v) is 2.47. The molecule has 1 aromatic carbocycles. The Labute approximate surface area is 92.8 Å². The predicted molar refractivity (Wildman–Crippen MR) is 57.2 cm³/mol. The fourth-order valence-corrected chi connectivity index (χ4v) is 1.31. The third kappa shape index (κ3) is 2.89. The molecule has 1 atom stereocenters. The second-order valence-electron chi connectivity index (χ2n) is 2.88. The first-order valence-corrected chi connectivity index (χ1v) is 4.95. The molecule has 0 saturated carbocycles. The summed E-state index contributed by atoms with van der Waals surface area (Å²) in [6, 6.07) is 5.15. The average molecular weight is 233 g/mol. The van der Waals surface area contributed by atoms with Gasteiger partial charge in [0.05, 0.1) is 5.02 Å². The van der Waals surface area contributed by atoms with Crippen molar-refractivity contribution < 1.29 is 9.53 Å². The number of halogens is 2. The van der Waals surface area contributed by atoms with Gasteiger partial charge in [0.25, 0.3) is 0 Å². The highest BCUT2D eigenvalue weighted by Gasteiger charge is 2.08. The van der Waals surface area contributed by atoms with Gasteiger partial charge in [-0.05, 0) is 19.1 Å². The van der Waals surface area contributed by atoms with Crippen molar-refractivity contribution in [2.75, 3.05) is 0 Å². The van der Waals surface area contributed by atoms with E-state index in [0.29, 0.717) is 22.2 Å². The first kappa shape index (κ1) is 11.3. The fraction of sp³-hybridized carbons (Fsp3) is 0.300. The zero-order chi connectivity index (χ0) is 10.6. The molecular formula is C10H10Cl2O2. The normalized spacial score (nSPS) is 12.2. The zero-order valence-corrected chi connectivity index (χ0v) is 9.18. The largest absolute Gasteiger partial charge is 0.489 e. The summed E-state index contributed by atoms with van der Waals surface area (Å²) < 4.78 is 5.42. The van der Waals surface area contributed by atoms with Crippen LogP contribution in [0.25, 0.3) is 0 Å². The minimum absolute atomic E-state index is 0.191. The lowest BCUT2D eigenvalue weighted by Gasteiger charge is -2.13. The van der Waals surface area contributed by atoms with Crippen LogP contribution >= 0.6 is 23.2 Å². The molecule has 0 aliphatic rings. The van der Waals surface area contributed by atoms with Crippen LogP contribution in [0, 0.1) is 0 Å². The van der Waals surface area contributed by atoms with E-state index in [9.17, 15) is 4.79 Å².